The van der Waals surface area contributed by atoms with Crippen molar-refractivity contribution in [2.24, 2.45) is 29.6 Å². The van der Waals surface area contributed by atoms with Gasteiger partial charge in [0.15, 0.2) is 6.29 Å². The van der Waals surface area contributed by atoms with Gasteiger partial charge in [-0.15, -0.1) is 13.2 Å². The summed E-state index contributed by atoms with van der Waals surface area (Å²) >= 11 is 4.86. The van der Waals surface area contributed by atoms with E-state index in [4.69, 9.17) is 45.6 Å². The highest BCUT2D eigenvalue weighted by atomic mass is 35.5. The number of halogens is 1. The number of hydrogen-bond donors (Lipinski definition) is 4. The lowest BCUT2D eigenvalue weighted by Crippen LogP contribution is -2.47. The zero-order valence-electron chi connectivity index (χ0n) is 43.1. The summed E-state index contributed by atoms with van der Waals surface area (Å²) in [6.45, 7) is 11.7. The van der Waals surface area contributed by atoms with Crippen molar-refractivity contribution in [3.8, 4) is 23.0 Å². The lowest BCUT2D eigenvalue weighted by Gasteiger charge is -2.20. The van der Waals surface area contributed by atoms with Crippen LogP contribution in [0.1, 0.15) is 87.7 Å². The van der Waals surface area contributed by atoms with Crippen LogP contribution in [0.5, 0.6) is 23.0 Å². The fraction of sp³-hybridized carbons (Fsp3) is 0.463. The van der Waals surface area contributed by atoms with Crippen molar-refractivity contribution < 1.29 is 76.9 Å². The van der Waals surface area contributed by atoms with Crippen LogP contribution >= 0.6 is 11.6 Å². The van der Waals surface area contributed by atoms with E-state index in [1.165, 1.54) is 40.6 Å². The number of aliphatic hydroxyl groups is 2. The van der Waals surface area contributed by atoms with Gasteiger partial charge < -0.3 is 59.5 Å². The van der Waals surface area contributed by atoms with Crippen LogP contribution in [0.4, 0.5) is 4.79 Å². The Balaban J connectivity index is 0.000000216. The normalized spacial score (nSPS) is 23.7. The molecule has 0 radical (unpaired) electrons. The molecule has 22 heteroatoms. The topological polar surface area (TPSA) is 294 Å². The van der Waals surface area contributed by atoms with Crippen molar-refractivity contribution in [1.82, 2.24) is 20.6 Å². The Kier molecular flexibility index (Phi) is 19.3. The van der Waals surface area contributed by atoms with Gasteiger partial charge in [0, 0.05) is 70.3 Å². The highest BCUT2D eigenvalue weighted by Gasteiger charge is 2.62. The number of methoxy groups -OCH3 is 4. The number of carbonyl (C=O) groups is 6. The molecule has 2 heterocycles. The maximum absolute atomic E-state index is 13.0. The smallest absolute Gasteiger partial charge is 0.403 e. The highest BCUT2D eigenvalue weighted by Crippen LogP contribution is 2.47. The number of carbonyl (C=O) groups excluding carboxylic acids is 6. The molecule has 21 nitrogen and oxygen atoms in total. The predicted molar refractivity (Wildman–Crippen MR) is 276 cm³/mol. The molecule has 76 heavy (non-hydrogen) atoms. The molecule has 2 aromatic carbocycles. The third kappa shape index (κ3) is 13.7. The van der Waals surface area contributed by atoms with Gasteiger partial charge in [-0.25, -0.2) is 24.4 Å². The number of fused-ring (bicyclic) bond motifs is 2. The Hall–Kier alpha value is -7.45. The van der Waals surface area contributed by atoms with E-state index in [-0.39, 0.29) is 59.1 Å². The van der Waals surface area contributed by atoms with Crippen LogP contribution in [0.3, 0.4) is 0 Å². The van der Waals surface area contributed by atoms with Gasteiger partial charge >= 0.3 is 23.6 Å². The molecule has 0 spiro atoms. The van der Waals surface area contributed by atoms with Gasteiger partial charge in [-0.3, -0.25) is 14.4 Å². The Morgan fingerprint density at radius 3 is 1.61 bits per heavy atom. The third-order valence-electron chi connectivity index (χ3n) is 13.7. The van der Waals surface area contributed by atoms with E-state index >= 15 is 0 Å². The van der Waals surface area contributed by atoms with E-state index in [0.29, 0.717) is 109 Å². The fourth-order valence-corrected chi connectivity index (χ4v) is 9.43. The van der Waals surface area contributed by atoms with E-state index in [2.05, 4.69) is 43.3 Å². The Morgan fingerprint density at radius 1 is 0.750 bits per heavy atom. The largest absolute Gasteiger partial charge is 0.497 e. The number of rotatable bonds is 19. The molecule has 2 aromatic heterocycles. The van der Waals surface area contributed by atoms with Crippen molar-refractivity contribution >= 4 is 74.6 Å². The minimum Gasteiger partial charge on any atom is -0.497 e. The zero-order chi connectivity index (χ0) is 55.5. The molecule has 0 bridgehead atoms. The Labute approximate surface area is 443 Å². The van der Waals surface area contributed by atoms with Gasteiger partial charge in [0.25, 0.3) is 5.78 Å². The number of nitrogens with zero attached hydrogens (tertiary/aromatic N) is 4. The lowest BCUT2D eigenvalue weighted by molar-refractivity contribution is -0.147. The first kappa shape index (κ1) is 57.8. The minimum atomic E-state index is -1.75. The molecule has 4 aliphatic rings. The Bertz CT molecular complexity index is 2910. The molecule has 4 aromatic rings. The van der Waals surface area contributed by atoms with Crippen LogP contribution in [0.15, 0.2) is 73.8 Å². The molecule has 0 saturated heterocycles. The number of benzene rings is 2. The summed E-state index contributed by atoms with van der Waals surface area (Å²) in [7, 11) is 5.67. The number of ketones is 1. The summed E-state index contributed by atoms with van der Waals surface area (Å²) in [5.41, 5.74) is 7.06. The number of aliphatic hydroxyl groups excluding tert-OH is 1. The Morgan fingerprint density at radius 2 is 1.22 bits per heavy atom. The third-order valence-corrected chi connectivity index (χ3v) is 13.8. The first-order valence-electron chi connectivity index (χ1n) is 24.6. The number of esters is 2. The SMILES string of the molecule is C=CC1C[C@]1(NC(=O)[C@H]1CCC(Oc2cc(C(=O)C=[N+]=[N-])nc3cc(OC)ccc23)C1)C(=O)OC.C=C[C@H]1C[C@]1(NC(=O)[C@H]1CCC(Oc2cc(C(O)O)nc3cc(OC)ccc23)C1)C(=O)OC.CC(C)COC(=O)Cl. The highest BCUT2D eigenvalue weighted by molar-refractivity contribution is 6.61. The van der Waals surface area contributed by atoms with Gasteiger partial charge in [-0.1, -0.05) is 26.0 Å². The van der Waals surface area contributed by atoms with Crippen LogP contribution < -0.4 is 29.6 Å². The minimum absolute atomic E-state index is 0.0510. The number of Topliss-reactive ketones (excluding diaryl/α,β-unsaturated/α-hetero) is 1. The van der Waals surface area contributed by atoms with E-state index in [0.717, 1.165) is 6.21 Å². The van der Waals surface area contributed by atoms with Gasteiger partial charge in [0.05, 0.1) is 58.3 Å². The first-order chi connectivity index (χ1) is 36.3. The molecule has 4 fully saturated rings. The summed E-state index contributed by atoms with van der Waals surface area (Å²) in [6, 6.07) is 13.5. The van der Waals surface area contributed by atoms with Gasteiger partial charge in [0.1, 0.15) is 45.5 Å². The number of nitrogens with one attached hydrogen (secondary N) is 2. The monoisotopic (exact) mass is 1070 g/mol. The average Bonchev–Trinajstić information content (AvgIpc) is 4.17. The molecule has 406 valence electrons. The molecule has 0 aliphatic heterocycles. The van der Waals surface area contributed by atoms with Crippen LogP contribution in [0.25, 0.3) is 27.3 Å². The maximum Gasteiger partial charge on any atom is 0.403 e. The number of amides is 2. The molecule has 4 N–H and O–H groups in total. The van der Waals surface area contributed by atoms with E-state index in [1.807, 2.05) is 13.8 Å². The molecule has 2 amide bonds. The summed E-state index contributed by atoms with van der Waals surface area (Å²) in [5.74, 6) is -0.459. The number of pyridine rings is 2. The van der Waals surface area contributed by atoms with Crippen molar-refractivity contribution in [3.63, 3.8) is 0 Å². The lowest BCUT2D eigenvalue weighted by atomic mass is 10.1. The predicted octanol–water partition coefficient (Wildman–Crippen LogP) is 6.53. The summed E-state index contributed by atoms with van der Waals surface area (Å²) in [6.07, 6.45) is 6.14. The summed E-state index contributed by atoms with van der Waals surface area (Å²) in [4.78, 5) is 83.9. The van der Waals surface area contributed by atoms with Crippen LogP contribution in [0, 0.1) is 29.6 Å². The van der Waals surface area contributed by atoms with Gasteiger partial charge in [-0.2, -0.15) is 4.79 Å². The number of aromatic nitrogens is 2. The zero-order valence-corrected chi connectivity index (χ0v) is 43.9. The van der Waals surface area contributed by atoms with Crippen molar-refractivity contribution in [1.29, 1.82) is 0 Å². The van der Waals surface area contributed by atoms with Crippen molar-refractivity contribution in [2.75, 3.05) is 35.0 Å². The van der Waals surface area contributed by atoms with E-state index < -0.39 is 40.5 Å². The standard InChI is InChI=1S/C25H26N4O6.C24H28N2O7.C5H9ClO2/c1-4-15-12-25(15,24(32)34-3)29-23(31)14-5-6-17(9-14)35-22-11-20(21(30)13-27-26)28-19-10-16(33-2)7-8-18(19)22;1-4-14-12-24(14,23(30)32-3)26-21(27)13-5-6-16(9-13)33-20-11-19(22(28)29)25-18-10-15(31-2)7-8-17(18)20;1-4(2)3-8-5(6)7/h4,7-8,10-11,13-15,17H,1,5-6,9,12H2,2-3H3,(H,29,31);4,7-8,10-11,13-14,16,22,28-29H,1,5-6,9,12H2,2-3H3,(H,26,27);4H,3H2,1-2H3/t14-,15?,17?,25+;13-,14-,16?,24+;/m00./s1. The molecule has 4 saturated carbocycles. The van der Waals surface area contributed by atoms with E-state index in [1.54, 1.807) is 48.6 Å². The van der Waals surface area contributed by atoms with Gasteiger partial charge in [0.2, 0.25) is 11.8 Å². The van der Waals surface area contributed by atoms with Crippen molar-refractivity contribution in [3.05, 3.63) is 90.8 Å². The quantitative estimate of drug-likeness (QED) is 0.00892. The van der Waals surface area contributed by atoms with Crippen LogP contribution in [-0.2, 0) is 33.4 Å². The second kappa shape index (κ2) is 25.4. The van der Waals surface area contributed by atoms with E-state index in [9.17, 15) is 39.0 Å². The summed E-state index contributed by atoms with van der Waals surface area (Å²) in [5, 5.41) is 26.4. The second-order valence-electron chi connectivity index (χ2n) is 19.2. The van der Waals surface area contributed by atoms with Crippen molar-refractivity contribution in [2.45, 2.75) is 94.8 Å². The van der Waals surface area contributed by atoms with Crippen LogP contribution in [0.2, 0.25) is 0 Å². The fourth-order valence-electron chi connectivity index (χ4n) is 9.37. The molecule has 8 rings (SSSR count). The molecule has 3 unspecified atom stereocenters. The second-order valence-corrected chi connectivity index (χ2v) is 19.5. The molecular formula is C54H63ClN6O15. The maximum atomic E-state index is 13.0. The molecule has 8 atom stereocenters. The number of hydrogen-bond acceptors (Lipinski definition) is 17. The average molecular weight is 1070 g/mol. The molecule has 4 aliphatic carbocycles. The summed E-state index contributed by atoms with van der Waals surface area (Å²) < 4.78 is 37.1. The van der Waals surface area contributed by atoms with Gasteiger partial charge in [-0.05, 0) is 81.5 Å². The van der Waals surface area contributed by atoms with Crippen LogP contribution in [-0.4, -0.2) is 124 Å². The molecular weight excluding hydrogens is 1010 g/mol. The number of ether oxygens (including phenoxy) is 7. The first-order valence-corrected chi connectivity index (χ1v) is 24.9.